The Morgan fingerprint density at radius 3 is 2.44 bits per heavy atom. The molecule has 3 rings (SSSR count). The summed E-state index contributed by atoms with van der Waals surface area (Å²) in [6, 6.07) is 9.02. The van der Waals surface area contributed by atoms with Crippen molar-refractivity contribution in [2.24, 2.45) is 5.92 Å². The van der Waals surface area contributed by atoms with E-state index < -0.39 is 10.0 Å². The van der Waals surface area contributed by atoms with Crippen molar-refractivity contribution in [3.63, 3.8) is 0 Å². The molecule has 0 amide bonds. The molecule has 1 aliphatic heterocycles. The molecule has 3 nitrogen and oxygen atoms in total. The van der Waals surface area contributed by atoms with Gasteiger partial charge in [-0.25, -0.2) is 8.42 Å². The fourth-order valence-corrected chi connectivity index (χ4v) is 4.66. The minimum Gasteiger partial charge on any atom is -0.207 e. The third kappa shape index (κ3) is 1.48. The van der Waals surface area contributed by atoms with E-state index in [1.54, 1.807) is 28.6 Å². The van der Waals surface area contributed by atoms with E-state index in [2.05, 4.69) is 0 Å². The second kappa shape index (κ2) is 3.57. The van der Waals surface area contributed by atoms with Gasteiger partial charge in [-0.15, -0.1) is 0 Å². The first-order chi connectivity index (χ1) is 7.68. The van der Waals surface area contributed by atoms with Gasteiger partial charge in [0.05, 0.1) is 4.90 Å². The van der Waals surface area contributed by atoms with Gasteiger partial charge in [0, 0.05) is 12.6 Å². The Morgan fingerprint density at radius 1 is 1.12 bits per heavy atom. The standard InChI is InChI=1S/C12H15NO2S/c14-16(15,12-4-2-1-3-5-12)13-9-10-6-7-11(13)8-10/h1-5,10-11H,6-9H2. The van der Waals surface area contributed by atoms with Crippen molar-refractivity contribution < 1.29 is 8.42 Å². The molecule has 0 spiro atoms. The van der Waals surface area contributed by atoms with Crippen LogP contribution in [0.3, 0.4) is 0 Å². The van der Waals surface area contributed by atoms with Crippen LogP contribution in [-0.2, 0) is 10.0 Å². The van der Waals surface area contributed by atoms with Crippen molar-refractivity contribution in [1.82, 2.24) is 4.31 Å². The van der Waals surface area contributed by atoms with Gasteiger partial charge < -0.3 is 0 Å². The highest BCUT2D eigenvalue weighted by Crippen LogP contribution is 2.40. The van der Waals surface area contributed by atoms with Crippen LogP contribution in [0, 0.1) is 5.92 Å². The first-order valence-electron chi connectivity index (χ1n) is 5.75. The second-order valence-electron chi connectivity index (χ2n) is 4.72. The molecule has 2 bridgehead atoms. The second-order valence-corrected chi connectivity index (χ2v) is 6.61. The predicted octanol–water partition coefficient (Wildman–Crippen LogP) is 1.86. The molecule has 2 fully saturated rings. The zero-order valence-electron chi connectivity index (χ0n) is 9.04. The van der Waals surface area contributed by atoms with Crippen LogP contribution >= 0.6 is 0 Å². The molecule has 1 aromatic carbocycles. The summed E-state index contributed by atoms with van der Waals surface area (Å²) in [5.74, 6) is 0.600. The zero-order valence-corrected chi connectivity index (χ0v) is 9.86. The lowest BCUT2D eigenvalue weighted by Gasteiger charge is -2.26. The molecule has 2 atom stereocenters. The molecule has 86 valence electrons. The topological polar surface area (TPSA) is 37.4 Å². The van der Waals surface area contributed by atoms with Crippen LogP contribution in [0.1, 0.15) is 19.3 Å². The summed E-state index contributed by atoms with van der Waals surface area (Å²) in [6.07, 6.45) is 3.30. The first kappa shape index (κ1) is 10.3. The SMILES string of the molecule is O=S(=O)(c1ccccc1)N1CC2CCC1C2. The van der Waals surface area contributed by atoms with E-state index in [-0.39, 0.29) is 6.04 Å². The molecule has 2 aliphatic rings. The van der Waals surface area contributed by atoms with Gasteiger partial charge in [0.25, 0.3) is 0 Å². The van der Waals surface area contributed by atoms with Crippen molar-refractivity contribution in [3.8, 4) is 0 Å². The number of rotatable bonds is 2. The van der Waals surface area contributed by atoms with Crippen LogP contribution in [0.15, 0.2) is 35.2 Å². The Labute approximate surface area is 96.1 Å². The molecule has 0 N–H and O–H groups in total. The molecule has 16 heavy (non-hydrogen) atoms. The molecule has 1 saturated carbocycles. The van der Waals surface area contributed by atoms with Gasteiger partial charge in [0.2, 0.25) is 10.0 Å². The number of fused-ring (bicyclic) bond motifs is 2. The molecular formula is C12H15NO2S. The summed E-state index contributed by atoms with van der Waals surface area (Å²) in [4.78, 5) is 0.433. The molecule has 1 heterocycles. The molecule has 2 unspecified atom stereocenters. The van der Waals surface area contributed by atoms with Crippen LogP contribution in [-0.4, -0.2) is 25.3 Å². The maximum atomic E-state index is 12.4. The lowest BCUT2D eigenvalue weighted by Crippen LogP contribution is -2.37. The molecule has 1 saturated heterocycles. The average Bonchev–Trinajstić information content (AvgIpc) is 2.92. The number of hydrogen-bond acceptors (Lipinski definition) is 2. The van der Waals surface area contributed by atoms with Crippen molar-refractivity contribution in [2.45, 2.75) is 30.2 Å². The maximum absolute atomic E-state index is 12.4. The minimum absolute atomic E-state index is 0.259. The Balaban J connectivity index is 1.95. The number of benzene rings is 1. The van der Waals surface area contributed by atoms with Crippen molar-refractivity contribution in [1.29, 1.82) is 0 Å². The Hall–Kier alpha value is -0.870. The summed E-state index contributed by atoms with van der Waals surface area (Å²) in [5, 5.41) is 0. The lowest BCUT2D eigenvalue weighted by atomic mass is 10.1. The lowest BCUT2D eigenvalue weighted by molar-refractivity contribution is 0.333. The first-order valence-corrected chi connectivity index (χ1v) is 7.19. The maximum Gasteiger partial charge on any atom is 0.243 e. The number of nitrogens with zero attached hydrogens (tertiary/aromatic N) is 1. The van der Waals surface area contributed by atoms with E-state index in [1.807, 2.05) is 6.07 Å². The monoisotopic (exact) mass is 237 g/mol. The van der Waals surface area contributed by atoms with E-state index in [0.29, 0.717) is 10.8 Å². The summed E-state index contributed by atoms with van der Waals surface area (Å²) >= 11 is 0. The van der Waals surface area contributed by atoms with E-state index >= 15 is 0 Å². The largest absolute Gasteiger partial charge is 0.243 e. The van der Waals surface area contributed by atoms with Gasteiger partial charge in [-0.05, 0) is 37.3 Å². The van der Waals surface area contributed by atoms with Gasteiger partial charge in [0.15, 0.2) is 0 Å². The third-order valence-electron chi connectivity index (χ3n) is 3.71. The molecular weight excluding hydrogens is 222 g/mol. The van der Waals surface area contributed by atoms with Crippen molar-refractivity contribution in [2.75, 3.05) is 6.54 Å². The predicted molar refractivity (Wildman–Crippen MR) is 61.5 cm³/mol. The molecule has 0 radical (unpaired) electrons. The van der Waals surface area contributed by atoms with E-state index in [9.17, 15) is 8.42 Å². The van der Waals surface area contributed by atoms with Gasteiger partial charge in [-0.2, -0.15) is 4.31 Å². The zero-order chi connectivity index (χ0) is 11.2. The average molecular weight is 237 g/mol. The van der Waals surface area contributed by atoms with E-state index in [0.717, 1.165) is 19.4 Å². The summed E-state index contributed by atoms with van der Waals surface area (Å²) in [5.41, 5.74) is 0. The molecule has 0 aromatic heterocycles. The van der Waals surface area contributed by atoms with Gasteiger partial charge >= 0.3 is 0 Å². The van der Waals surface area contributed by atoms with Crippen LogP contribution < -0.4 is 0 Å². The number of hydrogen-bond donors (Lipinski definition) is 0. The van der Waals surface area contributed by atoms with E-state index in [1.165, 1.54) is 6.42 Å². The third-order valence-corrected chi connectivity index (χ3v) is 5.64. The number of piperidine rings is 1. The van der Waals surface area contributed by atoms with Crippen molar-refractivity contribution >= 4 is 10.0 Å². The Kier molecular flexibility index (Phi) is 2.30. The van der Waals surface area contributed by atoms with Crippen LogP contribution in [0.25, 0.3) is 0 Å². The normalized spacial score (nSPS) is 29.8. The van der Waals surface area contributed by atoms with Crippen LogP contribution in [0.4, 0.5) is 0 Å². The fourth-order valence-electron chi connectivity index (χ4n) is 2.90. The van der Waals surface area contributed by atoms with Gasteiger partial charge in [-0.1, -0.05) is 18.2 Å². The highest BCUT2D eigenvalue weighted by Gasteiger charge is 2.44. The van der Waals surface area contributed by atoms with Crippen LogP contribution in [0.5, 0.6) is 0 Å². The molecule has 1 aromatic rings. The highest BCUT2D eigenvalue weighted by atomic mass is 32.2. The van der Waals surface area contributed by atoms with Crippen molar-refractivity contribution in [3.05, 3.63) is 30.3 Å². The number of sulfonamides is 1. The van der Waals surface area contributed by atoms with Gasteiger partial charge in [-0.3, -0.25) is 0 Å². The Bertz CT molecular complexity index is 483. The molecule has 1 aliphatic carbocycles. The summed E-state index contributed by atoms with van der Waals surface area (Å²) in [6.45, 7) is 0.724. The summed E-state index contributed by atoms with van der Waals surface area (Å²) in [7, 11) is -3.24. The van der Waals surface area contributed by atoms with Gasteiger partial charge in [0.1, 0.15) is 0 Å². The highest BCUT2D eigenvalue weighted by molar-refractivity contribution is 7.89. The summed E-state index contributed by atoms with van der Waals surface area (Å²) < 4.78 is 26.4. The minimum atomic E-state index is -3.24. The van der Waals surface area contributed by atoms with E-state index in [4.69, 9.17) is 0 Å². The Morgan fingerprint density at radius 2 is 1.88 bits per heavy atom. The fraction of sp³-hybridized carbons (Fsp3) is 0.500. The smallest absolute Gasteiger partial charge is 0.207 e. The quantitative estimate of drug-likeness (QED) is 0.787. The van der Waals surface area contributed by atoms with Crippen LogP contribution in [0.2, 0.25) is 0 Å². The molecule has 4 heteroatoms.